The number of rotatable bonds is 3. The Balaban J connectivity index is 2.39. The lowest BCUT2D eigenvalue weighted by molar-refractivity contribution is 0.213. The molecule has 1 aromatic carbocycles. The zero-order valence-corrected chi connectivity index (χ0v) is 9.57. The molecule has 1 heterocycles. The molecule has 0 fully saturated rings. The van der Waals surface area contributed by atoms with Crippen LogP contribution in [-0.4, -0.2) is 14.9 Å². The SMILES string of the molecule is CCn1cc(C(O)c2cc(F)c(F)cc2F)cn1. The summed E-state index contributed by atoms with van der Waals surface area (Å²) >= 11 is 0. The summed E-state index contributed by atoms with van der Waals surface area (Å²) < 4.78 is 40.8. The first-order chi connectivity index (χ1) is 8.52. The van der Waals surface area contributed by atoms with Crippen molar-refractivity contribution in [1.82, 2.24) is 9.78 Å². The Morgan fingerprint density at radius 1 is 1.22 bits per heavy atom. The summed E-state index contributed by atoms with van der Waals surface area (Å²) in [4.78, 5) is 0. The molecule has 0 amide bonds. The van der Waals surface area contributed by atoms with Gasteiger partial charge in [0.2, 0.25) is 0 Å². The van der Waals surface area contributed by atoms with Crippen LogP contribution in [0.5, 0.6) is 0 Å². The Morgan fingerprint density at radius 2 is 1.89 bits per heavy atom. The van der Waals surface area contributed by atoms with Crippen molar-refractivity contribution in [3.05, 3.63) is 53.1 Å². The summed E-state index contributed by atoms with van der Waals surface area (Å²) in [5, 5.41) is 13.8. The highest BCUT2D eigenvalue weighted by Gasteiger charge is 2.19. The van der Waals surface area contributed by atoms with Crippen LogP contribution in [-0.2, 0) is 6.54 Å². The molecule has 0 radical (unpaired) electrons. The first kappa shape index (κ1) is 12.6. The van der Waals surface area contributed by atoms with Crippen LogP contribution >= 0.6 is 0 Å². The van der Waals surface area contributed by atoms with Crippen molar-refractivity contribution in [2.75, 3.05) is 0 Å². The second-order valence-corrected chi connectivity index (χ2v) is 3.82. The van der Waals surface area contributed by atoms with E-state index in [1.165, 1.54) is 17.1 Å². The van der Waals surface area contributed by atoms with Crippen molar-refractivity contribution in [3.8, 4) is 0 Å². The Morgan fingerprint density at radius 3 is 2.50 bits per heavy atom. The molecule has 0 bridgehead atoms. The number of hydrogen-bond acceptors (Lipinski definition) is 2. The van der Waals surface area contributed by atoms with Crippen molar-refractivity contribution in [1.29, 1.82) is 0 Å². The monoisotopic (exact) mass is 256 g/mol. The van der Waals surface area contributed by atoms with E-state index in [0.29, 0.717) is 24.2 Å². The van der Waals surface area contributed by atoms with Gasteiger partial charge in [0.15, 0.2) is 11.6 Å². The zero-order chi connectivity index (χ0) is 13.3. The number of aliphatic hydroxyl groups is 1. The van der Waals surface area contributed by atoms with E-state index in [-0.39, 0.29) is 5.56 Å². The molecule has 6 heteroatoms. The molecular formula is C12H11F3N2O. The molecule has 18 heavy (non-hydrogen) atoms. The Bertz CT molecular complexity index is 568. The van der Waals surface area contributed by atoms with Crippen LogP contribution in [0, 0.1) is 17.5 Å². The minimum Gasteiger partial charge on any atom is -0.383 e. The fourth-order valence-electron chi connectivity index (χ4n) is 1.62. The van der Waals surface area contributed by atoms with Gasteiger partial charge in [-0.2, -0.15) is 5.10 Å². The van der Waals surface area contributed by atoms with Gasteiger partial charge in [-0.3, -0.25) is 4.68 Å². The van der Waals surface area contributed by atoms with Crippen molar-refractivity contribution in [2.24, 2.45) is 0 Å². The Kier molecular flexibility index (Phi) is 3.38. The summed E-state index contributed by atoms with van der Waals surface area (Å²) in [6, 6.07) is 1.07. The minimum absolute atomic E-state index is 0.315. The van der Waals surface area contributed by atoms with E-state index in [0.717, 1.165) is 0 Å². The van der Waals surface area contributed by atoms with Crippen molar-refractivity contribution in [3.63, 3.8) is 0 Å². The molecule has 2 aromatic rings. The molecule has 0 saturated carbocycles. The van der Waals surface area contributed by atoms with Gasteiger partial charge in [0.05, 0.1) is 6.20 Å². The second-order valence-electron chi connectivity index (χ2n) is 3.82. The summed E-state index contributed by atoms with van der Waals surface area (Å²) in [5.41, 5.74) is 0.00584. The topological polar surface area (TPSA) is 38.0 Å². The summed E-state index contributed by atoms with van der Waals surface area (Å²) in [6.07, 6.45) is 1.50. The largest absolute Gasteiger partial charge is 0.383 e. The first-order valence-corrected chi connectivity index (χ1v) is 5.37. The van der Waals surface area contributed by atoms with Crippen LogP contribution in [0.1, 0.15) is 24.2 Å². The van der Waals surface area contributed by atoms with E-state index in [4.69, 9.17) is 0 Å². The van der Waals surface area contributed by atoms with Gasteiger partial charge in [0.1, 0.15) is 11.9 Å². The molecule has 0 saturated heterocycles. The second kappa shape index (κ2) is 4.81. The molecule has 0 spiro atoms. The molecule has 1 aromatic heterocycles. The smallest absolute Gasteiger partial charge is 0.161 e. The van der Waals surface area contributed by atoms with Gasteiger partial charge in [-0.25, -0.2) is 13.2 Å². The fraction of sp³-hybridized carbons (Fsp3) is 0.250. The van der Waals surface area contributed by atoms with Crippen LogP contribution < -0.4 is 0 Å². The van der Waals surface area contributed by atoms with Crippen LogP contribution in [0.25, 0.3) is 0 Å². The third-order valence-electron chi connectivity index (χ3n) is 2.63. The maximum absolute atomic E-state index is 13.5. The highest BCUT2D eigenvalue weighted by molar-refractivity contribution is 5.29. The van der Waals surface area contributed by atoms with Gasteiger partial charge in [-0.1, -0.05) is 0 Å². The van der Waals surface area contributed by atoms with Gasteiger partial charge in [-0.05, 0) is 13.0 Å². The number of halogens is 3. The third-order valence-corrected chi connectivity index (χ3v) is 2.63. The van der Waals surface area contributed by atoms with Crippen LogP contribution in [0.2, 0.25) is 0 Å². The lowest BCUT2D eigenvalue weighted by Crippen LogP contribution is -2.04. The maximum atomic E-state index is 13.5. The van der Waals surface area contributed by atoms with Crippen molar-refractivity contribution >= 4 is 0 Å². The number of benzene rings is 1. The molecule has 2 rings (SSSR count). The highest BCUT2D eigenvalue weighted by atomic mass is 19.2. The molecule has 0 aliphatic heterocycles. The average molecular weight is 256 g/mol. The number of nitrogens with zero attached hydrogens (tertiary/aromatic N) is 2. The average Bonchev–Trinajstić information content (AvgIpc) is 2.81. The molecule has 0 aliphatic carbocycles. The number of aliphatic hydroxyl groups excluding tert-OH is 1. The third kappa shape index (κ3) is 2.24. The van der Waals surface area contributed by atoms with Gasteiger partial charge >= 0.3 is 0 Å². The van der Waals surface area contributed by atoms with Gasteiger partial charge in [-0.15, -0.1) is 0 Å². The fourth-order valence-corrected chi connectivity index (χ4v) is 1.62. The number of aromatic nitrogens is 2. The molecule has 3 nitrogen and oxygen atoms in total. The standard InChI is InChI=1S/C12H11F3N2O/c1-2-17-6-7(5-16-17)12(18)8-3-10(14)11(15)4-9(8)13/h3-6,12,18H,2H2,1H3. The molecule has 1 N–H and O–H groups in total. The van der Waals surface area contributed by atoms with Crippen LogP contribution in [0.15, 0.2) is 24.5 Å². The van der Waals surface area contributed by atoms with Gasteiger partial charge in [0, 0.05) is 29.9 Å². The van der Waals surface area contributed by atoms with Crippen LogP contribution in [0.4, 0.5) is 13.2 Å². The van der Waals surface area contributed by atoms with Gasteiger partial charge < -0.3 is 5.11 Å². The number of hydrogen-bond donors (Lipinski definition) is 1. The lowest BCUT2D eigenvalue weighted by atomic mass is 10.0. The molecular weight excluding hydrogens is 245 g/mol. The quantitative estimate of drug-likeness (QED) is 0.856. The predicted molar refractivity (Wildman–Crippen MR) is 58.3 cm³/mol. The minimum atomic E-state index is -1.37. The maximum Gasteiger partial charge on any atom is 0.161 e. The van der Waals surface area contributed by atoms with E-state index < -0.39 is 23.6 Å². The van der Waals surface area contributed by atoms with Gasteiger partial charge in [0.25, 0.3) is 0 Å². The van der Waals surface area contributed by atoms with Crippen molar-refractivity contribution < 1.29 is 18.3 Å². The molecule has 96 valence electrons. The van der Waals surface area contributed by atoms with E-state index in [2.05, 4.69) is 5.10 Å². The summed E-state index contributed by atoms with van der Waals surface area (Å²) in [5.74, 6) is -3.48. The van der Waals surface area contributed by atoms with E-state index >= 15 is 0 Å². The predicted octanol–water partition coefficient (Wildman–Crippen LogP) is 2.40. The van der Waals surface area contributed by atoms with E-state index in [9.17, 15) is 18.3 Å². The molecule has 1 atom stereocenters. The number of aryl methyl sites for hydroxylation is 1. The molecule has 1 unspecified atom stereocenters. The Hall–Kier alpha value is -1.82. The Labute approximate surface area is 101 Å². The van der Waals surface area contributed by atoms with E-state index in [1.54, 1.807) is 0 Å². The first-order valence-electron chi connectivity index (χ1n) is 5.37. The zero-order valence-electron chi connectivity index (χ0n) is 9.57. The normalized spacial score (nSPS) is 12.7. The summed E-state index contributed by atoms with van der Waals surface area (Å²) in [7, 11) is 0. The highest BCUT2D eigenvalue weighted by Crippen LogP contribution is 2.25. The van der Waals surface area contributed by atoms with E-state index in [1.807, 2.05) is 6.92 Å². The van der Waals surface area contributed by atoms with Crippen molar-refractivity contribution in [2.45, 2.75) is 19.6 Å². The van der Waals surface area contributed by atoms with Crippen LogP contribution in [0.3, 0.4) is 0 Å². The summed E-state index contributed by atoms with van der Waals surface area (Å²) in [6.45, 7) is 2.44. The lowest BCUT2D eigenvalue weighted by Gasteiger charge is -2.10. The molecule has 0 aliphatic rings.